The number of benzene rings is 2. The van der Waals surface area contributed by atoms with Crippen LogP contribution < -0.4 is 11.5 Å². The van der Waals surface area contributed by atoms with Crippen molar-refractivity contribution in [1.29, 1.82) is 0 Å². The molecule has 3 rings (SSSR count). The smallest absolute Gasteiger partial charge is 0.248 e. The van der Waals surface area contributed by atoms with E-state index in [0.717, 1.165) is 15.2 Å². The Morgan fingerprint density at radius 1 is 1.09 bits per heavy atom. The lowest BCUT2D eigenvalue weighted by Gasteiger charge is -2.04. The predicted octanol–water partition coefficient (Wildman–Crippen LogP) is 4.09. The van der Waals surface area contributed by atoms with E-state index in [1.165, 1.54) is 0 Å². The van der Waals surface area contributed by atoms with Gasteiger partial charge in [0.25, 0.3) is 0 Å². The van der Waals surface area contributed by atoms with Gasteiger partial charge in [-0.25, -0.2) is 4.98 Å². The average Bonchev–Trinajstić information content (AvgIpc) is 2.54. The number of nitrogen functional groups attached to an aromatic ring is 1. The van der Waals surface area contributed by atoms with E-state index in [-0.39, 0.29) is 0 Å². The summed E-state index contributed by atoms with van der Waals surface area (Å²) in [5, 5.41) is 10.1. The number of aromatic nitrogens is 1. The second-order valence-electron chi connectivity index (χ2n) is 4.83. The third kappa shape index (κ3) is 3.19. The van der Waals surface area contributed by atoms with Gasteiger partial charge in [0.2, 0.25) is 5.91 Å². The van der Waals surface area contributed by atoms with E-state index in [2.05, 4.69) is 31.1 Å². The monoisotopic (exact) mass is 369 g/mol. The Kier molecular flexibility index (Phi) is 4.03. The van der Waals surface area contributed by atoms with Crippen LogP contribution in [-0.4, -0.2) is 10.9 Å². The Bertz CT molecular complexity index is 916. The molecule has 3 aromatic rings. The van der Waals surface area contributed by atoms with Gasteiger partial charge in [0.15, 0.2) is 5.82 Å². The average molecular weight is 370 g/mol. The van der Waals surface area contributed by atoms with Gasteiger partial charge >= 0.3 is 0 Å². The number of hydrogen-bond donors (Lipinski definition) is 2. The lowest BCUT2D eigenvalue weighted by atomic mass is 10.1. The highest BCUT2D eigenvalue weighted by Gasteiger charge is 2.07. The number of primary amides is 1. The summed E-state index contributed by atoms with van der Waals surface area (Å²) in [6.07, 6.45) is 1.69. The van der Waals surface area contributed by atoms with Crippen LogP contribution in [0.2, 0.25) is 0 Å². The van der Waals surface area contributed by atoms with Crippen molar-refractivity contribution >= 4 is 49.8 Å². The molecule has 0 bridgehead atoms. The molecule has 2 aromatic carbocycles. The van der Waals surface area contributed by atoms with Crippen LogP contribution in [-0.2, 0) is 0 Å². The molecule has 114 valence electrons. The number of hydrogen-bond acceptors (Lipinski definition) is 5. The molecular weight excluding hydrogens is 358 g/mol. The molecule has 1 heterocycles. The SMILES string of the molecule is NC(=O)c1ccc(/N=N/c2c(N)ncc3ccc(Br)cc23)cc1. The van der Waals surface area contributed by atoms with Crippen molar-refractivity contribution in [2.24, 2.45) is 16.0 Å². The van der Waals surface area contributed by atoms with Crippen LogP contribution in [0.15, 0.2) is 63.4 Å². The number of carbonyl (C=O) groups excluding carboxylic acids is 1. The van der Waals surface area contributed by atoms with Crippen LogP contribution in [0.25, 0.3) is 10.8 Å². The lowest BCUT2D eigenvalue weighted by molar-refractivity contribution is 0.100. The fourth-order valence-electron chi connectivity index (χ4n) is 2.09. The van der Waals surface area contributed by atoms with Gasteiger partial charge in [0.05, 0.1) is 5.69 Å². The molecule has 0 aliphatic rings. The number of carbonyl (C=O) groups is 1. The Morgan fingerprint density at radius 3 is 2.52 bits per heavy atom. The number of halogens is 1. The van der Waals surface area contributed by atoms with E-state index in [1.54, 1.807) is 30.5 Å². The van der Waals surface area contributed by atoms with Crippen molar-refractivity contribution in [2.45, 2.75) is 0 Å². The number of azo groups is 1. The van der Waals surface area contributed by atoms with Gasteiger partial charge in [0, 0.05) is 27.0 Å². The molecule has 6 nitrogen and oxygen atoms in total. The molecule has 1 aromatic heterocycles. The molecule has 0 radical (unpaired) electrons. The zero-order chi connectivity index (χ0) is 16.4. The van der Waals surface area contributed by atoms with Crippen molar-refractivity contribution in [3.8, 4) is 0 Å². The molecule has 23 heavy (non-hydrogen) atoms. The minimum Gasteiger partial charge on any atom is -0.382 e. The number of pyridine rings is 1. The van der Waals surface area contributed by atoms with Crippen molar-refractivity contribution in [1.82, 2.24) is 4.98 Å². The van der Waals surface area contributed by atoms with E-state index < -0.39 is 5.91 Å². The number of nitrogens with zero attached hydrogens (tertiary/aromatic N) is 3. The maximum absolute atomic E-state index is 11.1. The van der Waals surface area contributed by atoms with Gasteiger partial charge < -0.3 is 11.5 Å². The number of fused-ring (bicyclic) bond motifs is 1. The predicted molar refractivity (Wildman–Crippen MR) is 93.0 cm³/mol. The van der Waals surface area contributed by atoms with Crippen molar-refractivity contribution in [2.75, 3.05) is 5.73 Å². The standard InChI is InChI=1S/C16H12BrN5O/c17-11-4-1-10-8-20-15(18)14(13(10)7-11)22-21-12-5-2-9(3-6-12)16(19)23/h1-8H,(H2,18,20)(H2,19,23)/b22-21+. The van der Waals surface area contributed by atoms with E-state index >= 15 is 0 Å². The number of nitrogens with two attached hydrogens (primary N) is 2. The second-order valence-corrected chi connectivity index (χ2v) is 5.75. The van der Waals surface area contributed by atoms with Crippen LogP contribution >= 0.6 is 15.9 Å². The van der Waals surface area contributed by atoms with E-state index in [4.69, 9.17) is 11.5 Å². The van der Waals surface area contributed by atoms with Crippen LogP contribution in [0.4, 0.5) is 17.2 Å². The fraction of sp³-hybridized carbons (Fsp3) is 0. The minimum absolute atomic E-state index is 0.299. The number of anilines is 1. The number of amides is 1. The van der Waals surface area contributed by atoms with Gasteiger partial charge in [-0.3, -0.25) is 4.79 Å². The Balaban J connectivity index is 2.01. The van der Waals surface area contributed by atoms with Gasteiger partial charge in [-0.05, 0) is 36.4 Å². The van der Waals surface area contributed by atoms with Gasteiger partial charge in [0.1, 0.15) is 5.69 Å². The number of rotatable bonds is 3. The first-order chi connectivity index (χ1) is 11.0. The molecular formula is C16H12BrN5O. The summed E-state index contributed by atoms with van der Waals surface area (Å²) >= 11 is 3.43. The van der Waals surface area contributed by atoms with Gasteiger partial charge in [-0.2, -0.15) is 5.11 Å². The summed E-state index contributed by atoms with van der Waals surface area (Å²) in [5.41, 5.74) is 12.6. The van der Waals surface area contributed by atoms with E-state index in [0.29, 0.717) is 22.8 Å². The first kappa shape index (κ1) is 15.1. The zero-order valence-corrected chi connectivity index (χ0v) is 13.5. The van der Waals surface area contributed by atoms with E-state index in [9.17, 15) is 4.79 Å². The molecule has 7 heteroatoms. The highest BCUT2D eigenvalue weighted by molar-refractivity contribution is 9.10. The van der Waals surface area contributed by atoms with Crippen LogP contribution in [0.3, 0.4) is 0 Å². The molecule has 0 aliphatic carbocycles. The molecule has 0 spiro atoms. The molecule has 0 saturated carbocycles. The van der Waals surface area contributed by atoms with Crippen LogP contribution in [0, 0.1) is 0 Å². The second kappa shape index (κ2) is 6.13. The van der Waals surface area contributed by atoms with Crippen LogP contribution in [0.1, 0.15) is 10.4 Å². The largest absolute Gasteiger partial charge is 0.382 e. The molecule has 1 amide bonds. The maximum Gasteiger partial charge on any atom is 0.248 e. The summed E-state index contributed by atoms with van der Waals surface area (Å²) in [6, 6.07) is 12.3. The molecule has 4 N–H and O–H groups in total. The fourth-order valence-corrected chi connectivity index (χ4v) is 2.45. The summed E-state index contributed by atoms with van der Waals surface area (Å²) < 4.78 is 0.915. The Morgan fingerprint density at radius 2 is 1.83 bits per heavy atom. The van der Waals surface area contributed by atoms with Crippen molar-refractivity contribution < 1.29 is 4.79 Å². The van der Waals surface area contributed by atoms with Gasteiger partial charge in [-0.1, -0.05) is 22.0 Å². The van der Waals surface area contributed by atoms with Crippen LogP contribution in [0.5, 0.6) is 0 Å². The molecule has 0 aliphatic heterocycles. The van der Waals surface area contributed by atoms with Crippen molar-refractivity contribution in [3.05, 3.63) is 58.7 Å². The minimum atomic E-state index is -0.485. The quantitative estimate of drug-likeness (QED) is 0.678. The first-order valence-corrected chi connectivity index (χ1v) is 7.49. The zero-order valence-electron chi connectivity index (χ0n) is 11.9. The first-order valence-electron chi connectivity index (χ1n) is 6.70. The highest BCUT2D eigenvalue weighted by Crippen LogP contribution is 2.33. The molecule has 0 unspecified atom stereocenters. The summed E-state index contributed by atoms with van der Waals surface area (Å²) in [7, 11) is 0. The van der Waals surface area contributed by atoms with E-state index in [1.807, 2.05) is 18.2 Å². The summed E-state index contributed by atoms with van der Waals surface area (Å²) in [6.45, 7) is 0. The Hall–Kier alpha value is -2.80. The third-order valence-corrected chi connectivity index (χ3v) is 3.77. The third-order valence-electron chi connectivity index (χ3n) is 3.27. The van der Waals surface area contributed by atoms with Gasteiger partial charge in [-0.15, -0.1) is 5.11 Å². The Labute approximate surface area is 140 Å². The maximum atomic E-state index is 11.1. The summed E-state index contributed by atoms with van der Waals surface area (Å²) in [4.78, 5) is 15.2. The molecule has 0 saturated heterocycles. The normalized spacial score (nSPS) is 11.2. The summed E-state index contributed by atoms with van der Waals surface area (Å²) in [5.74, 6) is -0.186. The van der Waals surface area contributed by atoms with Crippen molar-refractivity contribution in [3.63, 3.8) is 0 Å². The molecule has 0 atom stereocenters. The topological polar surface area (TPSA) is 107 Å². The molecule has 0 fully saturated rings. The lowest BCUT2D eigenvalue weighted by Crippen LogP contribution is -2.10. The highest BCUT2D eigenvalue weighted by atomic mass is 79.9.